The van der Waals surface area contributed by atoms with Gasteiger partial charge in [-0.3, -0.25) is 4.18 Å². The second-order valence-corrected chi connectivity index (χ2v) is 7.57. The van der Waals surface area contributed by atoms with Crippen LogP contribution in [0.2, 0.25) is 0 Å². The molecule has 0 saturated carbocycles. The molecule has 0 unspecified atom stereocenters. The van der Waals surface area contributed by atoms with Crippen LogP contribution in [-0.2, 0) is 26.7 Å². The molecule has 1 aromatic heterocycles. The Balaban J connectivity index is 1.76. The third-order valence-electron chi connectivity index (χ3n) is 3.89. The summed E-state index contributed by atoms with van der Waals surface area (Å²) < 4.78 is 40.9. The molecule has 0 saturated heterocycles. The zero-order valence-corrected chi connectivity index (χ0v) is 16.6. The first-order valence-electron chi connectivity index (χ1n) is 8.98. The normalized spacial score (nSPS) is 11.5. The minimum absolute atomic E-state index is 0.177. The lowest BCUT2D eigenvalue weighted by molar-refractivity contribution is 0.275. The molecule has 0 aliphatic carbocycles. The first-order chi connectivity index (χ1) is 13.5. The molecule has 0 atom stereocenters. The summed E-state index contributed by atoms with van der Waals surface area (Å²) in [5.74, 6) is 0.561. The van der Waals surface area contributed by atoms with Crippen molar-refractivity contribution in [3.8, 4) is 11.8 Å². The van der Waals surface area contributed by atoms with E-state index in [1.165, 1.54) is 0 Å². The Morgan fingerprint density at radius 3 is 2.21 bits per heavy atom. The fourth-order valence-electron chi connectivity index (χ4n) is 2.75. The van der Waals surface area contributed by atoms with E-state index < -0.39 is 10.1 Å². The van der Waals surface area contributed by atoms with Crippen molar-refractivity contribution < 1.29 is 22.1 Å². The number of benzene rings is 2. The summed E-state index contributed by atoms with van der Waals surface area (Å²) in [5.41, 5.74) is 0.678. The van der Waals surface area contributed by atoms with E-state index in [4.69, 9.17) is 13.7 Å². The molecule has 2 aromatic carbocycles. The smallest absolute Gasteiger partial charge is 0.271 e. The number of hydrogen-bond donors (Lipinski definition) is 0. The molecule has 148 valence electrons. The number of rotatable bonds is 9. The molecule has 0 aliphatic heterocycles. The summed E-state index contributed by atoms with van der Waals surface area (Å²) in [6, 6.07) is 14.7. The zero-order valence-electron chi connectivity index (χ0n) is 15.8. The van der Waals surface area contributed by atoms with Gasteiger partial charge in [-0.1, -0.05) is 42.5 Å². The van der Waals surface area contributed by atoms with Crippen molar-refractivity contribution in [3.05, 3.63) is 59.9 Å². The Kier molecular flexibility index (Phi) is 6.43. The lowest BCUT2D eigenvalue weighted by atomic mass is 10.1. The number of hydrogen-bond acceptors (Lipinski definition) is 7. The van der Waals surface area contributed by atoms with Crippen molar-refractivity contribution in [1.29, 1.82) is 0 Å². The van der Waals surface area contributed by atoms with E-state index in [9.17, 15) is 8.42 Å². The maximum Gasteiger partial charge on any atom is 0.271 e. The highest BCUT2D eigenvalue weighted by Gasteiger charge is 2.17. The Hall–Kier alpha value is -2.71. The minimum Gasteiger partial charge on any atom is -0.478 e. The van der Waals surface area contributed by atoms with Crippen LogP contribution in [0.3, 0.4) is 0 Å². The van der Waals surface area contributed by atoms with Crippen LogP contribution < -0.4 is 9.47 Å². The van der Waals surface area contributed by atoms with Gasteiger partial charge in [-0.05, 0) is 30.2 Å². The van der Waals surface area contributed by atoms with Gasteiger partial charge in [0.15, 0.2) is 5.82 Å². The molecule has 0 bridgehead atoms. The van der Waals surface area contributed by atoms with Crippen molar-refractivity contribution in [1.82, 2.24) is 9.97 Å². The first kappa shape index (κ1) is 20.0. The molecule has 0 N–H and O–H groups in total. The maximum atomic E-state index is 12.5. The van der Waals surface area contributed by atoms with Gasteiger partial charge in [-0.15, -0.1) is 0 Å². The van der Waals surface area contributed by atoms with Crippen LogP contribution in [0.5, 0.6) is 11.8 Å². The van der Waals surface area contributed by atoms with Crippen LogP contribution in [0.1, 0.15) is 25.2 Å². The quantitative estimate of drug-likeness (QED) is 0.506. The summed E-state index contributed by atoms with van der Waals surface area (Å²) in [5, 5.41) is 1.86. The average molecular weight is 402 g/mol. The lowest BCUT2D eigenvalue weighted by Crippen LogP contribution is -2.12. The summed E-state index contributed by atoms with van der Waals surface area (Å²) in [4.78, 5) is 8.33. The van der Waals surface area contributed by atoms with Crippen molar-refractivity contribution in [2.45, 2.75) is 26.2 Å². The van der Waals surface area contributed by atoms with Gasteiger partial charge in [-0.25, -0.2) is 0 Å². The molecule has 3 rings (SSSR count). The largest absolute Gasteiger partial charge is 0.478 e. The highest BCUT2D eigenvalue weighted by atomic mass is 32.2. The fraction of sp³-hybridized carbons (Fsp3) is 0.300. The van der Waals surface area contributed by atoms with Gasteiger partial charge in [0.2, 0.25) is 11.8 Å². The second kappa shape index (κ2) is 8.99. The number of fused-ring (bicyclic) bond motifs is 1. The minimum atomic E-state index is -3.84. The van der Waals surface area contributed by atoms with E-state index in [0.717, 1.165) is 10.8 Å². The van der Waals surface area contributed by atoms with E-state index in [-0.39, 0.29) is 18.2 Å². The fourth-order valence-corrected chi connectivity index (χ4v) is 3.75. The van der Waals surface area contributed by atoms with Crippen LogP contribution in [0.25, 0.3) is 10.8 Å². The van der Waals surface area contributed by atoms with Gasteiger partial charge in [-0.2, -0.15) is 18.4 Å². The van der Waals surface area contributed by atoms with Crippen molar-refractivity contribution in [2.24, 2.45) is 0 Å². The van der Waals surface area contributed by atoms with Gasteiger partial charge < -0.3 is 9.47 Å². The molecule has 1 heterocycles. The molecule has 7 nitrogen and oxygen atoms in total. The van der Waals surface area contributed by atoms with Gasteiger partial charge >= 0.3 is 0 Å². The first-order valence-corrected chi connectivity index (χ1v) is 10.6. The predicted molar refractivity (Wildman–Crippen MR) is 106 cm³/mol. The molecule has 0 fully saturated rings. The molecule has 3 aromatic rings. The summed E-state index contributed by atoms with van der Waals surface area (Å²) in [6.45, 7) is 4.19. The van der Waals surface area contributed by atoms with Gasteiger partial charge in [0, 0.05) is 0 Å². The van der Waals surface area contributed by atoms with Crippen LogP contribution in [0.15, 0.2) is 48.5 Å². The molecule has 0 radical (unpaired) electrons. The highest BCUT2D eigenvalue weighted by molar-refractivity contribution is 7.85. The van der Waals surface area contributed by atoms with Gasteiger partial charge in [0.05, 0.1) is 19.3 Å². The summed E-state index contributed by atoms with van der Waals surface area (Å²) in [7, 11) is -3.84. The Bertz CT molecular complexity index is 1020. The average Bonchev–Trinajstić information content (AvgIpc) is 2.67. The lowest BCUT2D eigenvalue weighted by Gasteiger charge is -2.10. The van der Waals surface area contributed by atoms with E-state index in [1.807, 2.05) is 50.2 Å². The molecule has 0 spiro atoms. The Morgan fingerprint density at radius 1 is 0.893 bits per heavy atom. The van der Waals surface area contributed by atoms with Crippen LogP contribution >= 0.6 is 0 Å². The standard InChI is InChI=1S/C20H22N2O5S/c1-3-25-19-12-20(26-4-2)22-18(21-19)13-27-28(23,24)14-16-10-7-9-15-8-5-6-11-17(15)16/h5-12H,3-4,13-14H2,1-2H3. The topological polar surface area (TPSA) is 87.6 Å². The highest BCUT2D eigenvalue weighted by Crippen LogP contribution is 2.22. The molecule has 0 amide bonds. The van der Waals surface area contributed by atoms with Crippen molar-refractivity contribution >= 4 is 20.9 Å². The van der Waals surface area contributed by atoms with E-state index in [2.05, 4.69) is 9.97 Å². The zero-order chi connectivity index (χ0) is 20.0. The van der Waals surface area contributed by atoms with Gasteiger partial charge in [0.25, 0.3) is 10.1 Å². The van der Waals surface area contributed by atoms with Crippen LogP contribution in [0, 0.1) is 0 Å². The predicted octanol–water partition coefficient (Wildman–Crippen LogP) is 3.47. The van der Waals surface area contributed by atoms with Crippen LogP contribution in [0.4, 0.5) is 0 Å². The van der Waals surface area contributed by atoms with E-state index >= 15 is 0 Å². The molecular formula is C20H22N2O5S. The second-order valence-electron chi connectivity index (χ2n) is 5.93. The van der Waals surface area contributed by atoms with Crippen molar-refractivity contribution in [2.75, 3.05) is 13.2 Å². The molecule has 0 aliphatic rings. The van der Waals surface area contributed by atoms with Crippen molar-refractivity contribution in [3.63, 3.8) is 0 Å². The maximum absolute atomic E-state index is 12.5. The van der Waals surface area contributed by atoms with Crippen LogP contribution in [-0.4, -0.2) is 31.6 Å². The van der Waals surface area contributed by atoms with E-state index in [1.54, 1.807) is 12.1 Å². The third kappa shape index (κ3) is 5.17. The number of ether oxygens (including phenoxy) is 2. The van der Waals surface area contributed by atoms with Gasteiger partial charge in [0.1, 0.15) is 12.4 Å². The Labute approximate surface area is 164 Å². The monoisotopic (exact) mass is 402 g/mol. The molecule has 28 heavy (non-hydrogen) atoms. The number of nitrogens with zero attached hydrogens (tertiary/aromatic N) is 2. The summed E-state index contributed by atoms with van der Waals surface area (Å²) in [6.07, 6.45) is 0. The number of aromatic nitrogens is 2. The third-order valence-corrected chi connectivity index (χ3v) is 5.03. The molecular weight excluding hydrogens is 380 g/mol. The summed E-state index contributed by atoms with van der Waals surface area (Å²) >= 11 is 0. The molecule has 8 heteroatoms. The SMILES string of the molecule is CCOc1cc(OCC)nc(COS(=O)(=O)Cc2cccc3ccccc23)n1. The Morgan fingerprint density at radius 2 is 1.54 bits per heavy atom. The van der Waals surface area contributed by atoms with E-state index in [0.29, 0.717) is 30.5 Å².